The maximum atomic E-state index is 10.5. The first-order chi connectivity index (χ1) is 10.6. The number of aliphatic hydroxyl groups is 1. The van der Waals surface area contributed by atoms with Gasteiger partial charge in [0.25, 0.3) is 0 Å². The van der Waals surface area contributed by atoms with E-state index in [-0.39, 0.29) is 6.10 Å². The summed E-state index contributed by atoms with van der Waals surface area (Å²) in [5, 5.41) is 11.9. The van der Waals surface area contributed by atoms with Crippen molar-refractivity contribution in [1.82, 2.24) is 9.47 Å². The molecule has 1 aromatic carbocycles. The molecule has 1 aliphatic heterocycles. The van der Waals surface area contributed by atoms with E-state index >= 15 is 0 Å². The third-order valence-electron chi connectivity index (χ3n) is 5.11. The molecule has 1 atom stereocenters. The standard InChI is InChI=1S/C19H28N2O/c1-14-7-8-19-18(11-14)15(2)16(3)21(19)13-17(22)12-20-9-5-4-6-10-20/h7-8,11,17,22H,4-6,9-10,12-13H2,1-3H3. The molecule has 0 bridgehead atoms. The molecule has 0 amide bonds. The fraction of sp³-hybridized carbons (Fsp3) is 0.579. The largest absolute Gasteiger partial charge is 0.390 e. The highest BCUT2D eigenvalue weighted by atomic mass is 16.3. The van der Waals surface area contributed by atoms with Crippen LogP contribution in [0.3, 0.4) is 0 Å². The Bertz CT molecular complexity index is 653. The van der Waals surface area contributed by atoms with Crippen LogP contribution in [0, 0.1) is 20.8 Å². The second kappa shape index (κ2) is 6.43. The monoisotopic (exact) mass is 300 g/mol. The quantitative estimate of drug-likeness (QED) is 0.937. The summed E-state index contributed by atoms with van der Waals surface area (Å²) in [5.74, 6) is 0. The van der Waals surface area contributed by atoms with E-state index in [4.69, 9.17) is 0 Å². The van der Waals surface area contributed by atoms with E-state index < -0.39 is 0 Å². The van der Waals surface area contributed by atoms with Gasteiger partial charge in [-0.1, -0.05) is 18.1 Å². The number of fused-ring (bicyclic) bond motifs is 1. The molecule has 1 aromatic heterocycles. The third kappa shape index (κ3) is 3.06. The van der Waals surface area contributed by atoms with Gasteiger partial charge in [-0.15, -0.1) is 0 Å². The van der Waals surface area contributed by atoms with Crippen molar-refractivity contribution >= 4 is 10.9 Å². The first-order valence-corrected chi connectivity index (χ1v) is 8.52. The molecular formula is C19H28N2O. The number of aryl methyl sites for hydroxylation is 2. The average molecular weight is 300 g/mol. The topological polar surface area (TPSA) is 28.4 Å². The summed E-state index contributed by atoms with van der Waals surface area (Å²) in [6, 6.07) is 6.61. The third-order valence-corrected chi connectivity index (χ3v) is 5.11. The number of nitrogens with zero attached hydrogens (tertiary/aromatic N) is 2. The molecule has 1 saturated heterocycles. The highest BCUT2D eigenvalue weighted by molar-refractivity contribution is 5.85. The maximum Gasteiger partial charge on any atom is 0.0845 e. The number of hydrogen-bond donors (Lipinski definition) is 1. The van der Waals surface area contributed by atoms with Crippen molar-refractivity contribution in [2.45, 2.75) is 52.7 Å². The van der Waals surface area contributed by atoms with Gasteiger partial charge >= 0.3 is 0 Å². The first kappa shape index (κ1) is 15.6. The minimum atomic E-state index is -0.298. The molecule has 22 heavy (non-hydrogen) atoms. The summed E-state index contributed by atoms with van der Waals surface area (Å²) in [4.78, 5) is 2.41. The van der Waals surface area contributed by atoms with Crippen molar-refractivity contribution < 1.29 is 5.11 Å². The molecule has 0 saturated carbocycles. The molecule has 1 N–H and O–H groups in total. The van der Waals surface area contributed by atoms with Gasteiger partial charge in [0, 0.05) is 23.1 Å². The van der Waals surface area contributed by atoms with E-state index in [1.165, 1.54) is 47.0 Å². The molecule has 0 radical (unpaired) electrons. The lowest BCUT2D eigenvalue weighted by Crippen LogP contribution is -2.38. The Morgan fingerprint density at radius 2 is 1.77 bits per heavy atom. The van der Waals surface area contributed by atoms with Gasteiger partial charge in [0.05, 0.1) is 12.6 Å². The van der Waals surface area contributed by atoms with Gasteiger partial charge in [-0.05, 0) is 64.4 Å². The Morgan fingerprint density at radius 1 is 1.05 bits per heavy atom. The van der Waals surface area contributed by atoms with Crippen LogP contribution in [0.5, 0.6) is 0 Å². The zero-order valence-corrected chi connectivity index (χ0v) is 14.1. The molecule has 0 aliphatic carbocycles. The van der Waals surface area contributed by atoms with Gasteiger partial charge in [-0.25, -0.2) is 0 Å². The lowest BCUT2D eigenvalue weighted by molar-refractivity contribution is 0.0888. The zero-order chi connectivity index (χ0) is 15.7. The van der Waals surface area contributed by atoms with Gasteiger partial charge in [0.2, 0.25) is 0 Å². The smallest absolute Gasteiger partial charge is 0.0845 e. The number of β-amino-alcohol motifs (C(OH)–C–C–N with tert-alkyl or cyclic N) is 1. The molecule has 3 nitrogen and oxygen atoms in total. The molecule has 3 rings (SSSR count). The second-order valence-electron chi connectivity index (χ2n) is 6.86. The maximum absolute atomic E-state index is 10.5. The number of likely N-dealkylation sites (tertiary alicyclic amines) is 1. The number of hydrogen-bond acceptors (Lipinski definition) is 2. The van der Waals surface area contributed by atoms with Gasteiger partial charge in [0.15, 0.2) is 0 Å². The zero-order valence-electron chi connectivity index (χ0n) is 14.1. The van der Waals surface area contributed by atoms with Crippen LogP contribution in [0.4, 0.5) is 0 Å². The molecule has 120 valence electrons. The fourth-order valence-corrected chi connectivity index (χ4v) is 3.71. The van der Waals surface area contributed by atoms with Crippen molar-refractivity contribution in [3.8, 4) is 0 Å². The SMILES string of the molecule is Cc1ccc2c(c1)c(C)c(C)n2CC(O)CN1CCCCC1. The lowest BCUT2D eigenvalue weighted by Gasteiger charge is -2.28. The van der Waals surface area contributed by atoms with Crippen molar-refractivity contribution in [2.24, 2.45) is 0 Å². The Kier molecular flexibility index (Phi) is 4.55. The Labute approximate surface area is 133 Å². The molecule has 1 fully saturated rings. The summed E-state index contributed by atoms with van der Waals surface area (Å²) in [6.07, 6.45) is 3.59. The van der Waals surface area contributed by atoms with Crippen LogP contribution in [0.25, 0.3) is 10.9 Å². The normalized spacial score (nSPS) is 18.0. The van der Waals surface area contributed by atoms with Crippen LogP contribution in [-0.2, 0) is 6.54 Å². The number of rotatable bonds is 4. The predicted octanol–water partition coefficient (Wildman–Crippen LogP) is 3.41. The van der Waals surface area contributed by atoms with E-state index in [1.54, 1.807) is 0 Å². The highest BCUT2D eigenvalue weighted by Crippen LogP contribution is 2.26. The van der Waals surface area contributed by atoms with Crippen LogP contribution in [-0.4, -0.2) is 40.3 Å². The van der Waals surface area contributed by atoms with E-state index in [0.717, 1.165) is 19.6 Å². The van der Waals surface area contributed by atoms with Gasteiger partial charge in [-0.2, -0.15) is 0 Å². The molecule has 2 heterocycles. The van der Waals surface area contributed by atoms with Crippen LogP contribution in [0.1, 0.15) is 36.1 Å². The summed E-state index contributed by atoms with van der Waals surface area (Å²) in [6.45, 7) is 10.3. The number of benzene rings is 1. The van der Waals surface area contributed by atoms with E-state index in [2.05, 4.69) is 48.4 Å². The lowest BCUT2D eigenvalue weighted by atomic mass is 10.1. The molecule has 1 unspecified atom stereocenters. The average Bonchev–Trinajstić information content (AvgIpc) is 2.73. The van der Waals surface area contributed by atoms with Crippen LogP contribution < -0.4 is 0 Å². The van der Waals surface area contributed by atoms with Gasteiger partial charge in [-0.3, -0.25) is 0 Å². The Hall–Kier alpha value is -1.32. The van der Waals surface area contributed by atoms with Gasteiger partial charge in [0.1, 0.15) is 0 Å². The molecule has 0 spiro atoms. The van der Waals surface area contributed by atoms with E-state index in [1.807, 2.05) is 0 Å². The minimum Gasteiger partial charge on any atom is -0.390 e. The molecule has 2 aromatic rings. The van der Waals surface area contributed by atoms with Crippen LogP contribution in [0.15, 0.2) is 18.2 Å². The fourth-order valence-electron chi connectivity index (χ4n) is 3.71. The van der Waals surface area contributed by atoms with Crippen LogP contribution in [0.2, 0.25) is 0 Å². The minimum absolute atomic E-state index is 0.298. The number of piperidine rings is 1. The van der Waals surface area contributed by atoms with E-state index in [0.29, 0.717) is 6.54 Å². The summed E-state index contributed by atoms with van der Waals surface area (Å²) in [5.41, 5.74) is 5.15. The van der Waals surface area contributed by atoms with Crippen molar-refractivity contribution in [3.63, 3.8) is 0 Å². The van der Waals surface area contributed by atoms with Gasteiger partial charge < -0.3 is 14.6 Å². The molecule has 3 heteroatoms. The second-order valence-corrected chi connectivity index (χ2v) is 6.86. The predicted molar refractivity (Wildman–Crippen MR) is 92.4 cm³/mol. The Morgan fingerprint density at radius 3 is 2.50 bits per heavy atom. The highest BCUT2D eigenvalue weighted by Gasteiger charge is 2.17. The molecule has 1 aliphatic rings. The number of aliphatic hydroxyl groups excluding tert-OH is 1. The van der Waals surface area contributed by atoms with Crippen LogP contribution >= 0.6 is 0 Å². The summed E-state index contributed by atoms with van der Waals surface area (Å²) < 4.78 is 2.29. The molecular weight excluding hydrogens is 272 g/mol. The first-order valence-electron chi connectivity index (χ1n) is 8.52. The Balaban J connectivity index is 1.79. The summed E-state index contributed by atoms with van der Waals surface area (Å²) in [7, 11) is 0. The van der Waals surface area contributed by atoms with Crippen molar-refractivity contribution in [2.75, 3.05) is 19.6 Å². The van der Waals surface area contributed by atoms with E-state index in [9.17, 15) is 5.11 Å². The number of aromatic nitrogens is 1. The van der Waals surface area contributed by atoms with Crippen molar-refractivity contribution in [3.05, 3.63) is 35.0 Å². The van der Waals surface area contributed by atoms with Crippen molar-refractivity contribution in [1.29, 1.82) is 0 Å². The summed E-state index contributed by atoms with van der Waals surface area (Å²) >= 11 is 0.